The maximum Gasteiger partial charge on any atom is 0.348 e. The van der Waals surface area contributed by atoms with E-state index in [4.69, 9.17) is 4.74 Å². The van der Waals surface area contributed by atoms with E-state index in [0.29, 0.717) is 12.3 Å². The zero-order valence-corrected chi connectivity index (χ0v) is 18.8. The Kier molecular flexibility index (Phi) is 7.22. The van der Waals surface area contributed by atoms with Crippen molar-refractivity contribution in [3.8, 4) is 0 Å². The van der Waals surface area contributed by atoms with Gasteiger partial charge in [-0.25, -0.2) is 4.79 Å². The molecule has 1 aromatic heterocycles. The highest BCUT2D eigenvalue weighted by Crippen LogP contribution is 2.42. The lowest BCUT2D eigenvalue weighted by Crippen LogP contribution is -2.58. The number of hydrogen-bond acceptors (Lipinski definition) is 6. The third kappa shape index (κ3) is 4.88. The van der Waals surface area contributed by atoms with Crippen LogP contribution in [0.15, 0.2) is 6.07 Å². The molecule has 30 heavy (non-hydrogen) atoms. The first-order chi connectivity index (χ1) is 14.1. The Bertz CT molecular complexity index is 764. The fraction of sp³-hybridized carbons (Fsp3) is 0.727. The van der Waals surface area contributed by atoms with Gasteiger partial charge in [-0.2, -0.15) is 0 Å². The number of aliphatic hydroxyl groups is 2. The highest BCUT2D eigenvalue weighted by molar-refractivity contribution is 7.14. The van der Waals surface area contributed by atoms with Gasteiger partial charge in [-0.15, -0.1) is 11.3 Å². The first kappa shape index (κ1) is 23.2. The van der Waals surface area contributed by atoms with Gasteiger partial charge < -0.3 is 25.0 Å². The number of anilines is 1. The largest absolute Gasteiger partial charge is 0.477 e. The van der Waals surface area contributed by atoms with Crippen molar-refractivity contribution >= 4 is 28.9 Å². The number of amides is 1. The molecule has 1 aliphatic heterocycles. The molecule has 2 fully saturated rings. The molecule has 1 aromatic rings. The maximum absolute atomic E-state index is 13.5. The second-order valence-corrected chi connectivity index (χ2v) is 10.5. The van der Waals surface area contributed by atoms with Crippen LogP contribution < -0.4 is 4.90 Å². The minimum atomic E-state index is -1.06. The number of nitrogens with zero attached hydrogens (tertiary/aromatic N) is 1. The smallest absolute Gasteiger partial charge is 0.348 e. The molecular weight excluding hydrogens is 406 g/mol. The van der Waals surface area contributed by atoms with Crippen LogP contribution in [0.5, 0.6) is 0 Å². The van der Waals surface area contributed by atoms with Crippen LogP contribution in [-0.2, 0) is 14.9 Å². The fourth-order valence-corrected chi connectivity index (χ4v) is 5.46. The van der Waals surface area contributed by atoms with E-state index in [1.807, 2.05) is 26.8 Å². The highest BCUT2D eigenvalue weighted by Gasteiger charge is 2.43. The van der Waals surface area contributed by atoms with Gasteiger partial charge in [0.1, 0.15) is 11.0 Å². The van der Waals surface area contributed by atoms with E-state index in [1.165, 1.54) is 17.8 Å². The Morgan fingerprint density at radius 1 is 1.30 bits per heavy atom. The standard InChI is InChI=1S/C22H33NO6S/c1-22(2,3)18-10-15(19(30-18)21(27)28)23-16(13-7-5-4-6-8-13)12-29-17(20(23)26)9-14(25)11-24/h10,13-14,16-17,24-25H,4-9,11-12H2,1-3H3,(H,27,28)/t14?,16-,17+/m0/s1. The molecule has 3 N–H and O–H groups in total. The van der Waals surface area contributed by atoms with E-state index in [9.17, 15) is 24.9 Å². The van der Waals surface area contributed by atoms with E-state index in [2.05, 4.69) is 0 Å². The van der Waals surface area contributed by atoms with Crippen LogP contribution in [0.2, 0.25) is 0 Å². The number of aromatic carboxylic acids is 1. The molecule has 8 heteroatoms. The summed E-state index contributed by atoms with van der Waals surface area (Å²) >= 11 is 1.21. The monoisotopic (exact) mass is 439 g/mol. The molecule has 1 saturated heterocycles. The quantitative estimate of drug-likeness (QED) is 0.628. The summed E-state index contributed by atoms with van der Waals surface area (Å²) in [6, 6.07) is 1.62. The summed E-state index contributed by atoms with van der Waals surface area (Å²) in [5, 5.41) is 28.9. The third-order valence-corrected chi connectivity index (χ3v) is 7.65. The van der Waals surface area contributed by atoms with Crippen LogP contribution in [0.1, 0.15) is 73.8 Å². The number of morpholine rings is 1. The average Bonchev–Trinajstić information content (AvgIpc) is 3.15. The molecule has 168 valence electrons. The molecule has 2 heterocycles. The summed E-state index contributed by atoms with van der Waals surface area (Å²) in [5.41, 5.74) is 0.194. The number of rotatable bonds is 6. The van der Waals surface area contributed by atoms with Crippen molar-refractivity contribution in [2.45, 2.75) is 83.0 Å². The molecule has 1 saturated carbocycles. The minimum Gasteiger partial charge on any atom is -0.477 e. The van der Waals surface area contributed by atoms with Gasteiger partial charge in [-0.3, -0.25) is 4.79 Å². The average molecular weight is 440 g/mol. The number of carbonyl (C=O) groups is 2. The molecule has 7 nitrogen and oxygen atoms in total. The zero-order valence-electron chi connectivity index (χ0n) is 18.0. The van der Waals surface area contributed by atoms with E-state index in [1.54, 1.807) is 4.90 Å². The van der Waals surface area contributed by atoms with Crippen LogP contribution in [0, 0.1) is 5.92 Å². The molecule has 1 amide bonds. The summed E-state index contributed by atoms with van der Waals surface area (Å²) in [4.78, 5) is 28.3. The lowest BCUT2D eigenvalue weighted by atomic mass is 9.82. The molecule has 0 aromatic carbocycles. The van der Waals surface area contributed by atoms with Gasteiger partial charge in [-0.05, 0) is 30.2 Å². The highest BCUT2D eigenvalue weighted by atomic mass is 32.1. The molecule has 0 radical (unpaired) electrons. The van der Waals surface area contributed by atoms with Gasteiger partial charge in [0.05, 0.1) is 31.0 Å². The van der Waals surface area contributed by atoms with Crippen molar-refractivity contribution in [3.05, 3.63) is 15.8 Å². The van der Waals surface area contributed by atoms with Crippen molar-refractivity contribution in [2.24, 2.45) is 5.92 Å². The summed E-state index contributed by atoms with van der Waals surface area (Å²) in [7, 11) is 0. The van der Waals surface area contributed by atoms with E-state index < -0.39 is 24.8 Å². The van der Waals surface area contributed by atoms with E-state index in [0.717, 1.165) is 30.6 Å². The Labute approximate surface area is 181 Å². The Morgan fingerprint density at radius 3 is 2.53 bits per heavy atom. The molecular formula is C22H33NO6S. The van der Waals surface area contributed by atoms with Crippen molar-refractivity contribution < 1.29 is 29.6 Å². The minimum absolute atomic E-state index is 0.0120. The first-order valence-electron chi connectivity index (χ1n) is 10.7. The fourth-order valence-electron chi connectivity index (χ4n) is 4.42. The predicted molar refractivity (Wildman–Crippen MR) is 115 cm³/mol. The van der Waals surface area contributed by atoms with Crippen molar-refractivity contribution in [3.63, 3.8) is 0 Å². The summed E-state index contributed by atoms with van der Waals surface area (Å²) < 4.78 is 5.85. The summed E-state index contributed by atoms with van der Waals surface area (Å²) in [5.74, 6) is -1.12. The van der Waals surface area contributed by atoms with Crippen LogP contribution in [0.3, 0.4) is 0 Å². The maximum atomic E-state index is 13.5. The number of carboxylic acids is 1. The molecule has 1 unspecified atom stereocenters. The number of carbonyl (C=O) groups excluding carboxylic acids is 1. The van der Waals surface area contributed by atoms with Gasteiger partial charge in [-0.1, -0.05) is 40.0 Å². The number of aliphatic hydroxyl groups excluding tert-OH is 2. The molecule has 0 bridgehead atoms. The molecule has 3 rings (SSSR count). The lowest BCUT2D eigenvalue weighted by molar-refractivity contribution is -0.140. The normalized spacial score (nSPS) is 24.8. The first-order valence-corrected chi connectivity index (χ1v) is 11.6. The molecule has 2 aliphatic rings. The van der Waals surface area contributed by atoms with Gasteiger partial charge in [0.25, 0.3) is 5.91 Å². The predicted octanol–water partition coefficient (Wildman–Crippen LogP) is 3.17. The number of thiophene rings is 1. The Morgan fingerprint density at radius 2 is 1.97 bits per heavy atom. The zero-order chi connectivity index (χ0) is 22.1. The lowest BCUT2D eigenvalue weighted by Gasteiger charge is -2.44. The molecule has 0 spiro atoms. The SMILES string of the molecule is CC(C)(C)c1cc(N2C(=O)[C@@H](CC(O)CO)OC[C@H]2C2CCCCC2)c(C(=O)O)s1. The second kappa shape index (κ2) is 9.34. The molecule has 3 atom stereocenters. The van der Waals surface area contributed by atoms with Gasteiger partial charge in [0, 0.05) is 11.3 Å². The van der Waals surface area contributed by atoms with Gasteiger partial charge in [0.2, 0.25) is 0 Å². The van der Waals surface area contributed by atoms with Crippen LogP contribution >= 0.6 is 11.3 Å². The number of ether oxygens (including phenoxy) is 1. The van der Waals surface area contributed by atoms with Crippen LogP contribution in [0.4, 0.5) is 5.69 Å². The Hall–Kier alpha value is -1.48. The second-order valence-electron chi connectivity index (χ2n) is 9.45. The van der Waals surface area contributed by atoms with Crippen LogP contribution in [0.25, 0.3) is 0 Å². The van der Waals surface area contributed by atoms with E-state index in [-0.39, 0.29) is 34.6 Å². The number of carboxylic acid groups (broad SMARTS) is 1. The topological polar surface area (TPSA) is 107 Å². The summed E-state index contributed by atoms with van der Waals surface area (Å²) in [6.07, 6.45) is 3.38. The van der Waals surface area contributed by atoms with Crippen LogP contribution in [-0.4, -0.2) is 58.7 Å². The van der Waals surface area contributed by atoms with Gasteiger partial charge in [0.15, 0.2) is 0 Å². The third-order valence-electron chi connectivity index (χ3n) is 6.11. The summed E-state index contributed by atoms with van der Waals surface area (Å²) in [6.45, 7) is 5.92. The van der Waals surface area contributed by atoms with Gasteiger partial charge >= 0.3 is 5.97 Å². The molecule has 1 aliphatic carbocycles. The van der Waals surface area contributed by atoms with Crippen molar-refractivity contribution in [1.82, 2.24) is 0 Å². The van der Waals surface area contributed by atoms with E-state index >= 15 is 0 Å². The van der Waals surface area contributed by atoms with Crippen molar-refractivity contribution in [2.75, 3.05) is 18.1 Å². The van der Waals surface area contributed by atoms with Crippen molar-refractivity contribution in [1.29, 1.82) is 0 Å². The number of hydrogen-bond donors (Lipinski definition) is 3. The Balaban J connectivity index is 2.03.